The molecule has 0 N–H and O–H groups in total. The molecule has 1 aromatic heterocycles. The third kappa shape index (κ3) is 2.20. The Morgan fingerprint density at radius 3 is 2.90 bits per heavy atom. The maximum atomic E-state index is 12.4. The molecule has 2 aromatic carbocycles. The number of hydrogen-bond acceptors (Lipinski definition) is 3. The summed E-state index contributed by atoms with van der Waals surface area (Å²) in [5, 5.41) is 1.03. The molecule has 1 aliphatic heterocycles. The molecule has 0 amide bonds. The molecule has 1 aliphatic rings. The van der Waals surface area contributed by atoms with Gasteiger partial charge in [-0.05, 0) is 0 Å². The third-order valence-electron chi connectivity index (χ3n) is 3.99. The minimum atomic E-state index is -1.76. The van der Waals surface area contributed by atoms with Crippen molar-refractivity contribution < 1.29 is 33.7 Å². The average molecular weight is 465 g/mol. The molecule has 0 spiro atoms. The van der Waals surface area contributed by atoms with Gasteiger partial charge in [0, 0.05) is 0 Å². The van der Waals surface area contributed by atoms with Crippen LogP contribution >= 0.6 is 0 Å². The van der Waals surface area contributed by atoms with Crippen LogP contribution in [0, 0.1) is 6.92 Å². The molecule has 100 valence electrons. The Hall–Kier alpha value is -1.61. The number of aryl methyl sites for hydroxylation is 1. The molecular weight excluding hydrogens is 453 g/mol. The van der Waals surface area contributed by atoms with Crippen LogP contribution in [0.3, 0.4) is 0 Å². The van der Waals surface area contributed by atoms with Gasteiger partial charge in [0.05, 0.1) is 0 Å². The first-order valence-electron chi connectivity index (χ1n) is 6.98. The van der Waals surface area contributed by atoms with Crippen LogP contribution in [0.2, 0.25) is 0 Å². The molecule has 21 heavy (non-hydrogen) atoms. The van der Waals surface area contributed by atoms with E-state index < -0.39 is 24.6 Å². The predicted molar refractivity (Wildman–Crippen MR) is 77.3 cm³/mol. The number of rotatable bonds is 0. The van der Waals surface area contributed by atoms with Crippen LogP contribution in [0.15, 0.2) is 51.7 Å². The van der Waals surface area contributed by atoms with Gasteiger partial charge < -0.3 is 0 Å². The summed E-state index contributed by atoms with van der Waals surface area (Å²) in [6, 6.07) is 14.0. The quantitative estimate of drug-likeness (QED) is 0.377. The SMILES string of the molecule is Cc1ccc2oc(=O)[c]3c(c2c1)COc1cccc[c]1[Hg]3. The number of ether oxygens (including phenoxy) is 1. The van der Waals surface area contributed by atoms with Crippen LogP contribution in [0.25, 0.3) is 11.0 Å². The van der Waals surface area contributed by atoms with Crippen LogP contribution in [-0.4, -0.2) is 0 Å². The minimum absolute atomic E-state index is 0.164. The van der Waals surface area contributed by atoms with E-state index in [-0.39, 0.29) is 5.63 Å². The van der Waals surface area contributed by atoms with Gasteiger partial charge in [0.1, 0.15) is 0 Å². The number of fused-ring (bicyclic) bond motifs is 4. The van der Waals surface area contributed by atoms with Crippen molar-refractivity contribution in [3.8, 4) is 5.75 Å². The molecule has 0 fully saturated rings. The molecule has 4 rings (SSSR count). The van der Waals surface area contributed by atoms with E-state index in [9.17, 15) is 4.79 Å². The van der Waals surface area contributed by atoms with Gasteiger partial charge in [-0.1, -0.05) is 0 Å². The second-order valence-corrected chi connectivity index (χ2v) is 12.5. The fraction of sp³-hybridized carbons (Fsp3) is 0.118. The summed E-state index contributed by atoms with van der Waals surface area (Å²) in [5.41, 5.74) is 2.70. The zero-order valence-electron chi connectivity index (χ0n) is 11.7. The Labute approximate surface area is 134 Å². The molecule has 2 heterocycles. The van der Waals surface area contributed by atoms with Gasteiger partial charge >= 0.3 is 134 Å². The molecule has 3 aromatic rings. The standard InChI is InChI=1S/C17H12O3.Hg/c1-12-7-8-16-15(9-12)13(10-17(18)20-16)11-19-14-5-3-2-4-6-14;/h2-5,7-9H,11H2,1H3;. The maximum absolute atomic E-state index is 12.4. The first-order chi connectivity index (χ1) is 10.2. The van der Waals surface area contributed by atoms with Crippen molar-refractivity contribution in [2.45, 2.75) is 13.5 Å². The van der Waals surface area contributed by atoms with Crippen molar-refractivity contribution in [2.75, 3.05) is 0 Å². The van der Waals surface area contributed by atoms with E-state index in [1.54, 1.807) is 0 Å². The summed E-state index contributed by atoms with van der Waals surface area (Å²) in [6.45, 7) is 2.51. The van der Waals surface area contributed by atoms with Crippen molar-refractivity contribution in [2.24, 2.45) is 0 Å². The summed E-state index contributed by atoms with van der Waals surface area (Å²) >= 11 is -1.76. The topological polar surface area (TPSA) is 39.4 Å². The predicted octanol–water partition coefficient (Wildman–Crippen LogP) is 2.03. The number of benzene rings is 2. The Morgan fingerprint density at radius 1 is 1.14 bits per heavy atom. The monoisotopic (exact) mass is 466 g/mol. The fourth-order valence-corrected chi connectivity index (χ4v) is 9.70. The van der Waals surface area contributed by atoms with Gasteiger partial charge in [-0.3, -0.25) is 0 Å². The molecule has 0 radical (unpaired) electrons. The second kappa shape index (κ2) is 4.99. The van der Waals surface area contributed by atoms with E-state index in [0.29, 0.717) is 12.2 Å². The summed E-state index contributed by atoms with van der Waals surface area (Å²) in [4.78, 5) is 12.4. The second-order valence-electron chi connectivity index (χ2n) is 5.42. The summed E-state index contributed by atoms with van der Waals surface area (Å²) in [6.07, 6.45) is 0. The van der Waals surface area contributed by atoms with Crippen LogP contribution in [0.5, 0.6) is 5.75 Å². The first-order valence-corrected chi connectivity index (χ1v) is 12.5. The summed E-state index contributed by atoms with van der Waals surface area (Å²) in [5.74, 6) is 0.940. The van der Waals surface area contributed by atoms with Crippen molar-refractivity contribution in [3.05, 3.63) is 64.0 Å². The molecule has 0 saturated heterocycles. The van der Waals surface area contributed by atoms with Crippen LogP contribution in [0.4, 0.5) is 0 Å². The van der Waals surface area contributed by atoms with Crippen molar-refractivity contribution >= 4 is 17.1 Å². The van der Waals surface area contributed by atoms with Crippen molar-refractivity contribution in [1.29, 1.82) is 0 Å². The Kier molecular flexibility index (Phi) is 3.10. The van der Waals surface area contributed by atoms with E-state index >= 15 is 0 Å². The zero-order chi connectivity index (χ0) is 14.4. The zero-order valence-corrected chi connectivity index (χ0v) is 17.2. The third-order valence-corrected chi connectivity index (χ3v) is 11.9. The van der Waals surface area contributed by atoms with Crippen molar-refractivity contribution in [3.63, 3.8) is 0 Å². The molecule has 0 bridgehead atoms. The molecule has 0 aliphatic carbocycles. The van der Waals surface area contributed by atoms with E-state index in [4.69, 9.17) is 9.15 Å². The first kappa shape index (κ1) is 13.1. The molecule has 0 unspecified atom stereocenters. The van der Waals surface area contributed by atoms with Gasteiger partial charge in [0.25, 0.3) is 0 Å². The number of hydrogen-bond donors (Lipinski definition) is 0. The Morgan fingerprint density at radius 2 is 2.00 bits per heavy atom. The molecule has 4 heteroatoms. The molecule has 0 saturated carbocycles. The Balaban J connectivity index is 2.01. The summed E-state index contributed by atoms with van der Waals surface area (Å²) in [7, 11) is 0. The summed E-state index contributed by atoms with van der Waals surface area (Å²) < 4.78 is 13.7. The van der Waals surface area contributed by atoms with Gasteiger partial charge in [-0.15, -0.1) is 0 Å². The van der Waals surface area contributed by atoms with Gasteiger partial charge in [-0.2, -0.15) is 0 Å². The van der Waals surface area contributed by atoms with Gasteiger partial charge in [-0.25, -0.2) is 0 Å². The Bertz CT molecular complexity index is 912. The van der Waals surface area contributed by atoms with E-state index in [1.165, 1.54) is 3.07 Å². The van der Waals surface area contributed by atoms with Crippen molar-refractivity contribution in [1.82, 2.24) is 0 Å². The van der Waals surface area contributed by atoms with Gasteiger partial charge in [0.2, 0.25) is 0 Å². The molecule has 0 atom stereocenters. The van der Waals surface area contributed by atoms with Crippen LogP contribution in [0.1, 0.15) is 11.1 Å². The van der Waals surface area contributed by atoms with E-state index in [0.717, 1.165) is 25.3 Å². The molecular formula is C17H12HgO3. The normalized spacial score (nSPS) is 12.4. The van der Waals surface area contributed by atoms with Crippen LogP contribution in [-0.2, 0) is 31.2 Å². The molecule has 3 nitrogen and oxygen atoms in total. The van der Waals surface area contributed by atoms with Gasteiger partial charge in [0.15, 0.2) is 0 Å². The fourth-order valence-electron chi connectivity index (χ4n) is 2.89. The average Bonchev–Trinajstić information content (AvgIpc) is 2.68. The van der Waals surface area contributed by atoms with Crippen LogP contribution < -0.4 is 16.5 Å². The van der Waals surface area contributed by atoms with E-state index in [1.807, 2.05) is 37.3 Å². The van der Waals surface area contributed by atoms with E-state index in [2.05, 4.69) is 12.1 Å². The number of para-hydroxylation sites is 1.